The molecule has 19 heavy (non-hydrogen) atoms. The molecule has 0 bridgehead atoms. The van der Waals surface area contributed by atoms with Crippen LogP contribution in [0.5, 0.6) is 11.5 Å². The molecule has 0 aliphatic rings. The van der Waals surface area contributed by atoms with E-state index in [2.05, 4.69) is 0 Å². The summed E-state index contributed by atoms with van der Waals surface area (Å²) >= 11 is 0. The maximum Gasteiger partial charge on any atom is 0.126 e. The number of nitrogens with zero attached hydrogens (tertiary/aromatic N) is 1. The molecule has 0 saturated carbocycles. The van der Waals surface area contributed by atoms with E-state index in [1.54, 1.807) is 25.1 Å². The topological polar surface area (TPSA) is 53.2 Å². The molecular weight excluding hydrogens is 245 g/mol. The van der Waals surface area contributed by atoms with E-state index in [4.69, 9.17) is 10.00 Å². The van der Waals surface area contributed by atoms with Crippen LogP contribution < -0.4 is 4.74 Å². The minimum Gasteiger partial charge on any atom is -0.508 e. The van der Waals surface area contributed by atoms with Crippen LogP contribution in [0.25, 0.3) is 0 Å². The van der Waals surface area contributed by atoms with Crippen LogP contribution in [-0.2, 0) is 6.61 Å². The summed E-state index contributed by atoms with van der Waals surface area (Å²) < 4.78 is 18.7. The molecule has 0 heterocycles. The maximum atomic E-state index is 13.1. The first-order valence-corrected chi connectivity index (χ1v) is 5.71. The molecule has 96 valence electrons. The van der Waals surface area contributed by atoms with Gasteiger partial charge in [-0.1, -0.05) is 6.07 Å². The molecular formula is C15H12FNO2. The number of hydrogen-bond donors (Lipinski definition) is 1. The van der Waals surface area contributed by atoms with E-state index in [0.717, 1.165) is 0 Å². The van der Waals surface area contributed by atoms with Crippen LogP contribution in [0, 0.1) is 24.1 Å². The van der Waals surface area contributed by atoms with Gasteiger partial charge in [-0.05, 0) is 37.3 Å². The highest BCUT2D eigenvalue weighted by Gasteiger charge is 2.07. The van der Waals surface area contributed by atoms with E-state index in [9.17, 15) is 9.50 Å². The lowest BCUT2D eigenvalue weighted by atomic mass is 10.1. The van der Waals surface area contributed by atoms with Crippen LogP contribution >= 0.6 is 0 Å². The van der Waals surface area contributed by atoms with Gasteiger partial charge in [-0.25, -0.2) is 4.39 Å². The van der Waals surface area contributed by atoms with Crippen molar-refractivity contribution < 1.29 is 14.2 Å². The van der Waals surface area contributed by atoms with Gasteiger partial charge in [-0.2, -0.15) is 5.26 Å². The van der Waals surface area contributed by atoms with Gasteiger partial charge in [0.05, 0.1) is 11.6 Å². The molecule has 0 aromatic heterocycles. The van der Waals surface area contributed by atoms with E-state index in [1.165, 1.54) is 18.2 Å². The Bertz CT molecular complexity index is 647. The molecule has 3 nitrogen and oxygen atoms in total. The quantitative estimate of drug-likeness (QED) is 0.917. The van der Waals surface area contributed by atoms with Gasteiger partial charge in [0.25, 0.3) is 0 Å². The second-order valence-electron chi connectivity index (χ2n) is 4.10. The van der Waals surface area contributed by atoms with E-state index in [0.29, 0.717) is 22.4 Å². The third kappa shape index (κ3) is 2.83. The summed E-state index contributed by atoms with van der Waals surface area (Å²) in [6.45, 7) is 1.80. The molecule has 0 fully saturated rings. The molecule has 0 spiro atoms. The molecule has 4 heteroatoms. The number of nitriles is 1. The van der Waals surface area contributed by atoms with Gasteiger partial charge in [0, 0.05) is 11.1 Å². The summed E-state index contributed by atoms with van der Waals surface area (Å²) in [6.07, 6.45) is 0. The number of phenols is 1. The average molecular weight is 257 g/mol. The van der Waals surface area contributed by atoms with Gasteiger partial charge >= 0.3 is 0 Å². The van der Waals surface area contributed by atoms with Gasteiger partial charge in [-0.15, -0.1) is 0 Å². The van der Waals surface area contributed by atoms with Crippen molar-refractivity contribution in [2.75, 3.05) is 0 Å². The molecule has 0 radical (unpaired) electrons. The molecule has 0 saturated heterocycles. The van der Waals surface area contributed by atoms with Crippen LogP contribution in [0.15, 0.2) is 36.4 Å². The number of rotatable bonds is 3. The van der Waals surface area contributed by atoms with E-state index in [1.807, 2.05) is 6.07 Å². The Hall–Kier alpha value is -2.54. The van der Waals surface area contributed by atoms with Crippen molar-refractivity contribution in [3.05, 3.63) is 58.9 Å². The standard InChI is InChI=1S/C15H12FNO2/c1-10-14(18)3-2-4-15(10)19-9-12-7-13(16)6-5-11(12)8-17/h2-7,18H,9H2,1H3. The highest BCUT2D eigenvalue weighted by molar-refractivity contribution is 5.43. The largest absolute Gasteiger partial charge is 0.508 e. The molecule has 2 aromatic carbocycles. The normalized spacial score (nSPS) is 9.95. The highest BCUT2D eigenvalue weighted by Crippen LogP contribution is 2.27. The number of halogens is 1. The third-order valence-electron chi connectivity index (χ3n) is 2.83. The molecule has 0 aliphatic heterocycles. The van der Waals surface area contributed by atoms with Crippen molar-refractivity contribution in [2.45, 2.75) is 13.5 Å². The number of hydrogen-bond acceptors (Lipinski definition) is 3. The molecule has 2 aromatic rings. The SMILES string of the molecule is Cc1c(O)cccc1OCc1cc(F)ccc1C#N. The summed E-state index contributed by atoms with van der Waals surface area (Å²) in [4.78, 5) is 0. The molecule has 1 N–H and O–H groups in total. The zero-order chi connectivity index (χ0) is 13.8. The number of ether oxygens (including phenoxy) is 1. The minimum absolute atomic E-state index is 0.0744. The fraction of sp³-hybridized carbons (Fsp3) is 0.133. The molecule has 0 aliphatic carbocycles. The first-order chi connectivity index (χ1) is 9.11. The van der Waals surface area contributed by atoms with Crippen molar-refractivity contribution in [1.29, 1.82) is 5.26 Å². The lowest BCUT2D eigenvalue weighted by Gasteiger charge is -2.11. The summed E-state index contributed by atoms with van der Waals surface area (Å²) in [5, 5.41) is 18.5. The summed E-state index contributed by atoms with van der Waals surface area (Å²) in [6, 6.07) is 10.9. The number of aromatic hydroxyl groups is 1. The third-order valence-corrected chi connectivity index (χ3v) is 2.83. The Labute approximate surface area is 110 Å². The summed E-state index contributed by atoms with van der Waals surface area (Å²) in [5.74, 6) is 0.232. The zero-order valence-corrected chi connectivity index (χ0v) is 10.4. The van der Waals surface area contributed by atoms with Gasteiger partial charge in [0.1, 0.15) is 23.9 Å². The minimum atomic E-state index is -0.412. The van der Waals surface area contributed by atoms with Gasteiger partial charge in [0.15, 0.2) is 0 Å². The fourth-order valence-corrected chi connectivity index (χ4v) is 1.71. The van der Waals surface area contributed by atoms with Crippen molar-refractivity contribution in [3.63, 3.8) is 0 Å². The molecule has 2 rings (SSSR count). The van der Waals surface area contributed by atoms with E-state index < -0.39 is 5.82 Å². The predicted octanol–water partition coefficient (Wildman–Crippen LogP) is 3.29. The Balaban J connectivity index is 2.21. The van der Waals surface area contributed by atoms with E-state index in [-0.39, 0.29) is 12.4 Å². The van der Waals surface area contributed by atoms with Crippen LogP contribution in [-0.4, -0.2) is 5.11 Å². The summed E-state index contributed by atoms with van der Waals surface area (Å²) in [7, 11) is 0. The Morgan fingerprint density at radius 3 is 2.84 bits per heavy atom. The first kappa shape index (κ1) is 12.9. The van der Waals surface area contributed by atoms with Gasteiger partial charge in [-0.3, -0.25) is 0 Å². The van der Waals surface area contributed by atoms with Crippen LogP contribution in [0.3, 0.4) is 0 Å². The smallest absolute Gasteiger partial charge is 0.126 e. The average Bonchev–Trinajstić information content (AvgIpc) is 2.40. The van der Waals surface area contributed by atoms with Crippen LogP contribution in [0.2, 0.25) is 0 Å². The monoisotopic (exact) mass is 257 g/mol. The Morgan fingerprint density at radius 2 is 2.11 bits per heavy atom. The van der Waals surface area contributed by atoms with Crippen molar-refractivity contribution in [3.8, 4) is 17.6 Å². The Kier molecular flexibility index (Phi) is 3.67. The highest BCUT2D eigenvalue weighted by atomic mass is 19.1. The van der Waals surface area contributed by atoms with Crippen LogP contribution in [0.4, 0.5) is 4.39 Å². The zero-order valence-electron chi connectivity index (χ0n) is 10.4. The van der Waals surface area contributed by atoms with Crippen molar-refractivity contribution in [2.24, 2.45) is 0 Å². The van der Waals surface area contributed by atoms with Gasteiger partial charge in [0.2, 0.25) is 0 Å². The van der Waals surface area contributed by atoms with Crippen LogP contribution in [0.1, 0.15) is 16.7 Å². The molecule has 0 unspecified atom stereocenters. The van der Waals surface area contributed by atoms with Crippen molar-refractivity contribution in [1.82, 2.24) is 0 Å². The van der Waals surface area contributed by atoms with Gasteiger partial charge < -0.3 is 9.84 Å². The Morgan fingerprint density at radius 1 is 1.32 bits per heavy atom. The lowest BCUT2D eigenvalue weighted by Crippen LogP contribution is -2.00. The second-order valence-corrected chi connectivity index (χ2v) is 4.10. The summed E-state index contributed by atoms with van der Waals surface area (Å²) in [5.41, 5.74) is 1.46. The molecule has 0 amide bonds. The lowest BCUT2D eigenvalue weighted by molar-refractivity contribution is 0.301. The van der Waals surface area contributed by atoms with E-state index >= 15 is 0 Å². The van der Waals surface area contributed by atoms with Crippen molar-refractivity contribution >= 4 is 0 Å². The fourth-order valence-electron chi connectivity index (χ4n) is 1.71. The first-order valence-electron chi connectivity index (χ1n) is 5.71. The number of benzene rings is 2. The number of phenolic OH excluding ortho intramolecular Hbond substituents is 1. The second kappa shape index (κ2) is 5.40. The molecule has 0 atom stereocenters. The predicted molar refractivity (Wildman–Crippen MR) is 68.3 cm³/mol. The maximum absolute atomic E-state index is 13.1.